The van der Waals surface area contributed by atoms with E-state index in [-0.39, 0.29) is 24.0 Å². The maximum atomic E-state index is 11.2. The average Bonchev–Trinajstić information content (AvgIpc) is 2.70. The Hall–Kier alpha value is -1.94. The molecule has 0 spiro atoms. The Balaban J connectivity index is 0.00000392. The predicted molar refractivity (Wildman–Crippen MR) is 128 cm³/mol. The van der Waals surface area contributed by atoms with Gasteiger partial charge in [-0.15, -0.1) is 35.7 Å². The van der Waals surface area contributed by atoms with Crippen LogP contribution in [0, 0.1) is 0 Å². The summed E-state index contributed by atoms with van der Waals surface area (Å²) in [4.78, 5) is 16.7. The van der Waals surface area contributed by atoms with Gasteiger partial charge in [-0.05, 0) is 29.8 Å². The van der Waals surface area contributed by atoms with Gasteiger partial charge in [0.1, 0.15) is 0 Å². The third-order valence-electron chi connectivity index (χ3n) is 3.71. The fourth-order valence-electron chi connectivity index (χ4n) is 2.29. The first kappa shape index (κ1) is 24.1. The molecule has 0 saturated heterocycles. The molecule has 28 heavy (non-hydrogen) atoms. The van der Waals surface area contributed by atoms with Gasteiger partial charge in [0.2, 0.25) is 0 Å². The molecule has 2 aromatic carbocycles. The van der Waals surface area contributed by atoms with Crippen LogP contribution < -0.4 is 16.0 Å². The van der Waals surface area contributed by atoms with Crippen LogP contribution in [-0.4, -0.2) is 38.0 Å². The number of nitrogens with zero attached hydrogens (tertiary/aromatic N) is 1. The number of carbonyl (C=O) groups excluding carboxylic acids is 1. The van der Waals surface area contributed by atoms with Gasteiger partial charge in [-0.3, -0.25) is 10.3 Å². The van der Waals surface area contributed by atoms with Gasteiger partial charge >= 0.3 is 6.09 Å². The first-order valence-electron chi connectivity index (χ1n) is 8.71. The SMILES string of the molecule is CN=C(NCc1ccc(NC(=O)OC)cc1)NCC(C)Sc1ccccc1.I. The summed E-state index contributed by atoms with van der Waals surface area (Å²) in [5.74, 6) is 0.757. The molecule has 0 aromatic heterocycles. The van der Waals surface area contributed by atoms with Crippen LogP contribution >= 0.6 is 35.7 Å². The smallest absolute Gasteiger partial charge is 0.411 e. The fraction of sp³-hybridized carbons (Fsp3) is 0.300. The Kier molecular flexibility index (Phi) is 11.4. The third kappa shape index (κ3) is 8.83. The van der Waals surface area contributed by atoms with E-state index in [1.165, 1.54) is 12.0 Å². The van der Waals surface area contributed by atoms with E-state index in [1.807, 2.05) is 42.1 Å². The zero-order chi connectivity index (χ0) is 19.5. The lowest BCUT2D eigenvalue weighted by Crippen LogP contribution is -2.39. The lowest BCUT2D eigenvalue weighted by molar-refractivity contribution is 0.187. The van der Waals surface area contributed by atoms with Gasteiger partial charge in [0.25, 0.3) is 0 Å². The molecule has 1 atom stereocenters. The fourth-order valence-corrected chi connectivity index (χ4v) is 3.24. The maximum Gasteiger partial charge on any atom is 0.411 e. The van der Waals surface area contributed by atoms with Gasteiger partial charge in [-0.25, -0.2) is 4.79 Å². The van der Waals surface area contributed by atoms with Crippen LogP contribution in [0.15, 0.2) is 64.5 Å². The quantitative estimate of drug-likeness (QED) is 0.222. The highest BCUT2D eigenvalue weighted by Crippen LogP contribution is 2.21. The summed E-state index contributed by atoms with van der Waals surface area (Å²) in [5, 5.41) is 9.68. The lowest BCUT2D eigenvalue weighted by Gasteiger charge is -2.16. The van der Waals surface area contributed by atoms with Gasteiger partial charge in [-0.1, -0.05) is 37.3 Å². The molecule has 1 unspecified atom stereocenters. The molecule has 0 bridgehead atoms. The number of aliphatic imine (C=N–C) groups is 1. The third-order valence-corrected chi connectivity index (χ3v) is 4.82. The molecule has 1 amide bonds. The molecule has 3 N–H and O–H groups in total. The normalized spacial score (nSPS) is 11.8. The van der Waals surface area contributed by atoms with Crippen molar-refractivity contribution in [3.05, 3.63) is 60.2 Å². The number of hydrogen-bond acceptors (Lipinski definition) is 4. The van der Waals surface area contributed by atoms with Crippen LogP contribution in [0.25, 0.3) is 0 Å². The summed E-state index contributed by atoms with van der Waals surface area (Å²) in [7, 11) is 3.10. The summed E-state index contributed by atoms with van der Waals surface area (Å²) in [5.41, 5.74) is 1.78. The van der Waals surface area contributed by atoms with Gasteiger partial charge in [0.15, 0.2) is 5.96 Å². The van der Waals surface area contributed by atoms with Crippen molar-refractivity contribution in [2.45, 2.75) is 23.6 Å². The van der Waals surface area contributed by atoms with Gasteiger partial charge < -0.3 is 15.4 Å². The second kappa shape index (κ2) is 13.3. The van der Waals surface area contributed by atoms with Gasteiger partial charge in [0.05, 0.1) is 7.11 Å². The average molecular weight is 514 g/mol. The zero-order valence-corrected chi connectivity index (χ0v) is 19.4. The zero-order valence-electron chi connectivity index (χ0n) is 16.3. The molecule has 0 saturated carbocycles. The Morgan fingerprint density at radius 3 is 2.39 bits per heavy atom. The second-order valence-electron chi connectivity index (χ2n) is 5.86. The lowest BCUT2D eigenvalue weighted by atomic mass is 10.2. The molecular weight excluding hydrogens is 487 g/mol. The summed E-state index contributed by atoms with van der Waals surface area (Å²) in [6.07, 6.45) is -0.479. The summed E-state index contributed by atoms with van der Waals surface area (Å²) < 4.78 is 4.57. The van der Waals surface area contributed by atoms with Crippen LogP contribution in [-0.2, 0) is 11.3 Å². The van der Waals surface area contributed by atoms with E-state index in [1.54, 1.807) is 7.05 Å². The number of halogens is 1. The highest BCUT2D eigenvalue weighted by molar-refractivity contribution is 14.0. The van der Waals surface area contributed by atoms with Crippen molar-refractivity contribution in [1.82, 2.24) is 10.6 Å². The van der Waals surface area contributed by atoms with E-state index < -0.39 is 6.09 Å². The van der Waals surface area contributed by atoms with Crippen molar-refractivity contribution in [1.29, 1.82) is 0 Å². The van der Waals surface area contributed by atoms with Crippen LogP contribution in [0.2, 0.25) is 0 Å². The first-order chi connectivity index (χ1) is 13.1. The molecule has 0 heterocycles. The molecule has 152 valence electrons. The second-order valence-corrected chi connectivity index (χ2v) is 7.37. The van der Waals surface area contributed by atoms with E-state index >= 15 is 0 Å². The highest BCUT2D eigenvalue weighted by atomic mass is 127. The van der Waals surface area contributed by atoms with Crippen molar-refractivity contribution < 1.29 is 9.53 Å². The molecule has 6 nitrogen and oxygen atoms in total. The molecule has 0 aliphatic carbocycles. The monoisotopic (exact) mass is 514 g/mol. The number of methoxy groups -OCH3 is 1. The minimum atomic E-state index is -0.479. The number of hydrogen-bond donors (Lipinski definition) is 3. The van der Waals surface area contributed by atoms with Crippen molar-refractivity contribution in [3.8, 4) is 0 Å². The van der Waals surface area contributed by atoms with E-state index in [2.05, 4.69) is 56.9 Å². The van der Waals surface area contributed by atoms with Gasteiger partial charge in [-0.2, -0.15) is 0 Å². The number of guanidine groups is 1. The van der Waals surface area contributed by atoms with Crippen molar-refractivity contribution >= 4 is 53.5 Å². The van der Waals surface area contributed by atoms with Crippen LogP contribution in [0.5, 0.6) is 0 Å². The molecule has 8 heteroatoms. The number of carbonyl (C=O) groups is 1. The number of ether oxygens (including phenoxy) is 1. The van der Waals surface area contributed by atoms with Crippen molar-refractivity contribution in [2.24, 2.45) is 4.99 Å². The largest absolute Gasteiger partial charge is 0.453 e. The standard InChI is InChI=1S/C20H26N4O2S.HI/c1-15(27-18-7-5-4-6-8-18)13-22-19(21-2)23-14-16-9-11-17(12-10-16)24-20(25)26-3;/h4-12,15H,13-14H2,1-3H3,(H,24,25)(H2,21,22,23);1H. The highest BCUT2D eigenvalue weighted by Gasteiger charge is 2.06. The molecule has 0 aliphatic heterocycles. The van der Waals surface area contributed by atoms with E-state index in [0.717, 1.165) is 18.1 Å². The van der Waals surface area contributed by atoms with E-state index in [4.69, 9.17) is 0 Å². The first-order valence-corrected chi connectivity index (χ1v) is 9.59. The number of amides is 1. The minimum absolute atomic E-state index is 0. The Morgan fingerprint density at radius 2 is 1.79 bits per heavy atom. The van der Waals surface area contributed by atoms with Crippen LogP contribution in [0.1, 0.15) is 12.5 Å². The number of nitrogens with one attached hydrogen (secondary N) is 3. The number of anilines is 1. The van der Waals surface area contributed by atoms with Crippen LogP contribution in [0.4, 0.5) is 10.5 Å². The number of rotatable bonds is 7. The predicted octanol–water partition coefficient (Wildman–Crippen LogP) is 4.33. The van der Waals surface area contributed by atoms with E-state index in [9.17, 15) is 4.79 Å². The Labute approximate surface area is 187 Å². The van der Waals surface area contributed by atoms with Crippen molar-refractivity contribution in [2.75, 3.05) is 26.0 Å². The molecule has 0 fully saturated rings. The molecule has 0 radical (unpaired) electrons. The topological polar surface area (TPSA) is 74.8 Å². The molecule has 2 rings (SSSR count). The maximum absolute atomic E-state index is 11.2. The van der Waals surface area contributed by atoms with E-state index in [0.29, 0.717) is 17.5 Å². The Bertz CT molecular complexity index is 742. The molecule has 0 aliphatic rings. The summed E-state index contributed by atoms with van der Waals surface area (Å²) in [6, 6.07) is 17.9. The number of thioether (sulfide) groups is 1. The van der Waals surface area contributed by atoms with Crippen molar-refractivity contribution in [3.63, 3.8) is 0 Å². The van der Waals surface area contributed by atoms with Crippen LogP contribution in [0.3, 0.4) is 0 Å². The molecular formula is C20H27IN4O2S. The summed E-state index contributed by atoms with van der Waals surface area (Å²) in [6.45, 7) is 3.63. The molecule has 2 aromatic rings. The van der Waals surface area contributed by atoms with Gasteiger partial charge in [0, 0.05) is 36.0 Å². The number of benzene rings is 2. The minimum Gasteiger partial charge on any atom is -0.453 e. The Morgan fingerprint density at radius 1 is 1.11 bits per heavy atom. The summed E-state index contributed by atoms with van der Waals surface area (Å²) >= 11 is 1.83.